The van der Waals surface area contributed by atoms with Crippen molar-refractivity contribution in [1.82, 2.24) is 0 Å². The van der Waals surface area contributed by atoms with Gasteiger partial charge < -0.3 is 0 Å². The summed E-state index contributed by atoms with van der Waals surface area (Å²) in [4.78, 5) is 23.7. The Morgan fingerprint density at radius 3 is 2.35 bits per heavy atom. The topological polar surface area (TPSA) is 113 Å². The molecule has 0 aliphatic heterocycles. The van der Waals surface area contributed by atoms with E-state index in [-0.39, 0.29) is 10.8 Å². The summed E-state index contributed by atoms with van der Waals surface area (Å²) in [5.41, 5.74) is -1.17. The lowest BCUT2D eigenvalue weighted by Gasteiger charge is -2.00. The molecular weight excluding hydrogens is 272 g/mol. The summed E-state index contributed by atoms with van der Waals surface area (Å²) in [6.07, 6.45) is 2.37. The van der Waals surface area contributed by atoms with Crippen molar-refractivity contribution < 1.29 is 28.1 Å². The molecule has 0 saturated heterocycles. The van der Waals surface area contributed by atoms with Crippen molar-refractivity contribution in [3.05, 3.63) is 44.6 Å². The largest absolute Gasteiger partial charge is 0.391 e. The van der Waals surface area contributed by atoms with E-state index in [9.17, 15) is 9.59 Å². The number of benzene rings is 1. The van der Waals surface area contributed by atoms with Crippen molar-refractivity contribution >= 4 is 10.8 Å². The van der Waals surface area contributed by atoms with E-state index < -0.39 is 11.3 Å². The molecule has 8 heteroatoms. The third kappa shape index (κ3) is 3.02. The second-order valence-corrected chi connectivity index (χ2v) is 3.96. The van der Waals surface area contributed by atoms with Crippen LogP contribution in [-0.4, -0.2) is 0 Å². The smallest absolute Gasteiger partial charge is 0.241 e. The van der Waals surface area contributed by atoms with E-state index in [1.165, 1.54) is 6.07 Å². The van der Waals surface area contributed by atoms with Crippen LogP contribution in [0.25, 0.3) is 10.8 Å². The number of unbranched alkanes of at least 4 members (excludes halogenated alkanes) is 1. The molecule has 1 aromatic carbocycles. The van der Waals surface area contributed by atoms with E-state index in [0.717, 1.165) is 12.8 Å². The first-order chi connectivity index (χ1) is 9.74. The molecule has 0 amide bonds. The molecular formula is C12H12O8. The molecule has 0 fully saturated rings. The Bertz CT molecular complexity index is 759. The monoisotopic (exact) mass is 284 g/mol. The lowest BCUT2D eigenvalue weighted by Crippen LogP contribution is -2.06. The number of rotatable bonds is 3. The Kier molecular flexibility index (Phi) is 4.48. The van der Waals surface area contributed by atoms with Crippen molar-refractivity contribution in [1.29, 1.82) is 0 Å². The van der Waals surface area contributed by atoms with Crippen LogP contribution >= 0.6 is 0 Å². The molecule has 0 N–H and O–H groups in total. The van der Waals surface area contributed by atoms with Gasteiger partial charge in [-0.05, 0) is 43.4 Å². The van der Waals surface area contributed by atoms with Gasteiger partial charge in [0.05, 0.1) is 10.8 Å². The van der Waals surface area contributed by atoms with Crippen LogP contribution in [0, 0.1) is 0 Å². The number of aryl methyl sites for hydroxylation is 1. The van der Waals surface area contributed by atoms with Crippen molar-refractivity contribution in [2.75, 3.05) is 0 Å². The number of hydrogen-bond acceptors (Lipinski definition) is 8. The fraction of sp³-hybridized carbons (Fsp3) is 0.333. The van der Waals surface area contributed by atoms with E-state index in [1.54, 1.807) is 12.1 Å². The van der Waals surface area contributed by atoms with Crippen LogP contribution in [-0.2, 0) is 6.42 Å². The van der Waals surface area contributed by atoms with Crippen LogP contribution in [0.15, 0.2) is 55.9 Å². The molecule has 20 heavy (non-hydrogen) atoms. The molecule has 0 unspecified atom stereocenters. The van der Waals surface area contributed by atoms with Crippen LogP contribution in [0.2, 0.25) is 0 Å². The minimum Gasteiger partial charge on any atom is -0.241 e. The van der Waals surface area contributed by atoms with Gasteiger partial charge in [0.2, 0.25) is 0 Å². The van der Waals surface area contributed by atoms with Gasteiger partial charge in [-0.2, -0.15) is 0 Å². The van der Waals surface area contributed by atoms with Gasteiger partial charge in [0, 0.05) is 0 Å². The molecule has 0 saturated carbocycles. The molecule has 0 atom stereocenters. The first kappa shape index (κ1) is 13.8. The Hall–Kier alpha value is -2.64. The fourth-order valence-corrected chi connectivity index (χ4v) is 1.79. The molecule has 1 heterocycles. The summed E-state index contributed by atoms with van der Waals surface area (Å²) in [7, 11) is 0. The van der Waals surface area contributed by atoms with Gasteiger partial charge in [-0.3, -0.25) is 0 Å². The molecule has 8 nitrogen and oxygen atoms in total. The Morgan fingerprint density at radius 1 is 0.950 bits per heavy atom. The molecule has 0 bridgehead atoms. The zero-order valence-corrected chi connectivity index (χ0v) is 10.6. The zero-order chi connectivity index (χ0) is 14.4. The van der Waals surface area contributed by atoms with Gasteiger partial charge in [0.25, 0.3) is 0 Å². The zero-order valence-electron chi connectivity index (χ0n) is 10.6. The van der Waals surface area contributed by atoms with Crippen molar-refractivity contribution in [2.24, 2.45) is 0 Å². The van der Waals surface area contributed by atoms with Gasteiger partial charge in [-0.25, -0.2) is 18.7 Å². The van der Waals surface area contributed by atoms with E-state index in [0.29, 0.717) is 12.0 Å². The standard InChI is InChI=1S/C12H12O8/c1-2-3-5-8-6-4-7-9-10(8)12(14)16-18-20-19-17-15-11(9)13/h4,6-7H,2-3,5H2,1H3. The summed E-state index contributed by atoms with van der Waals surface area (Å²) in [6.45, 7) is 2.01. The highest BCUT2D eigenvalue weighted by molar-refractivity contribution is 5.82. The molecule has 0 aliphatic carbocycles. The van der Waals surface area contributed by atoms with Crippen LogP contribution in [0.5, 0.6) is 0 Å². The molecule has 2 rings (SSSR count). The molecule has 0 radical (unpaired) electrons. The van der Waals surface area contributed by atoms with Crippen LogP contribution in [0.3, 0.4) is 0 Å². The maximum absolute atomic E-state index is 11.9. The quantitative estimate of drug-likeness (QED) is 0.790. The highest BCUT2D eigenvalue weighted by atomic mass is 17.5. The lowest BCUT2D eigenvalue weighted by molar-refractivity contribution is -0.416. The molecule has 2 aromatic rings. The first-order valence-corrected chi connectivity index (χ1v) is 5.95. The second kappa shape index (κ2) is 6.50. The fourth-order valence-electron chi connectivity index (χ4n) is 1.79. The number of fused-ring (bicyclic) bond motifs is 1. The van der Waals surface area contributed by atoms with Gasteiger partial charge in [0.1, 0.15) is 0 Å². The van der Waals surface area contributed by atoms with Crippen LogP contribution in [0.4, 0.5) is 0 Å². The third-order valence-corrected chi connectivity index (χ3v) is 2.68. The lowest BCUT2D eigenvalue weighted by atomic mass is 10.0. The summed E-state index contributed by atoms with van der Waals surface area (Å²) in [5, 5.41) is 0.0257. The Labute approximate surface area is 110 Å². The maximum atomic E-state index is 11.9. The van der Waals surface area contributed by atoms with Gasteiger partial charge in [-0.15, -0.1) is 0 Å². The SMILES string of the molecule is CCCCc1cccc2c(=O)ooooooc(=O)c12. The second-order valence-electron chi connectivity index (χ2n) is 3.96. The van der Waals surface area contributed by atoms with Crippen molar-refractivity contribution in [3.63, 3.8) is 0 Å². The van der Waals surface area contributed by atoms with E-state index in [4.69, 9.17) is 0 Å². The maximum Gasteiger partial charge on any atom is 0.391 e. The Balaban J connectivity index is 2.89. The summed E-state index contributed by atoms with van der Waals surface area (Å²) < 4.78 is 24.2. The minimum atomic E-state index is -0.916. The Morgan fingerprint density at radius 2 is 1.65 bits per heavy atom. The highest BCUT2D eigenvalue weighted by Crippen LogP contribution is 2.13. The van der Waals surface area contributed by atoms with E-state index >= 15 is 0 Å². The van der Waals surface area contributed by atoms with Crippen molar-refractivity contribution in [3.8, 4) is 0 Å². The predicted molar refractivity (Wildman–Crippen MR) is 64.0 cm³/mol. The summed E-state index contributed by atoms with van der Waals surface area (Å²) >= 11 is 0. The van der Waals surface area contributed by atoms with Gasteiger partial charge in [0.15, 0.2) is 0 Å². The van der Waals surface area contributed by atoms with Gasteiger partial charge in [-0.1, -0.05) is 25.5 Å². The third-order valence-electron chi connectivity index (χ3n) is 2.68. The molecule has 1 aromatic heterocycles. The summed E-state index contributed by atoms with van der Waals surface area (Å²) in [6, 6.07) is 4.75. The van der Waals surface area contributed by atoms with Crippen LogP contribution in [0.1, 0.15) is 25.3 Å². The van der Waals surface area contributed by atoms with Crippen LogP contribution < -0.4 is 11.3 Å². The van der Waals surface area contributed by atoms with E-state index in [2.05, 4.69) is 28.1 Å². The normalized spacial score (nSPS) is 10.2. The average Bonchev–Trinajstić information content (AvgIpc) is 2.47. The van der Waals surface area contributed by atoms with Gasteiger partial charge >= 0.3 is 11.3 Å². The summed E-state index contributed by atoms with van der Waals surface area (Å²) in [5.74, 6) is 0. The average molecular weight is 284 g/mol. The molecule has 108 valence electrons. The predicted octanol–water partition coefficient (Wildman–Crippen LogP) is 2.71. The number of hydrogen-bond donors (Lipinski definition) is 0. The van der Waals surface area contributed by atoms with E-state index in [1.807, 2.05) is 6.92 Å². The molecule has 0 aliphatic rings. The minimum absolute atomic E-state index is 0.0160. The first-order valence-electron chi connectivity index (χ1n) is 5.95. The molecule has 0 spiro atoms. The highest BCUT2D eigenvalue weighted by Gasteiger charge is 2.08. The van der Waals surface area contributed by atoms with Crippen molar-refractivity contribution in [2.45, 2.75) is 26.2 Å².